The van der Waals surface area contributed by atoms with Crippen LogP contribution in [-0.2, 0) is 0 Å². The van der Waals surface area contributed by atoms with E-state index in [9.17, 15) is 8.78 Å². The van der Waals surface area contributed by atoms with Gasteiger partial charge < -0.3 is 10.0 Å². The van der Waals surface area contributed by atoms with E-state index >= 15 is 0 Å². The molecule has 11 heavy (non-hydrogen) atoms. The second-order valence-corrected chi connectivity index (χ2v) is 1.87. The zero-order valence-electron chi connectivity index (χ0n) is 5.35. The second-order valence-electron chi connectivity index (χ2n) is 1.87. The highest BCUT2D eigenvalue weighted by molar-refractivity contribution is 6.57. The average Bonchev–Trinajstić information content (AvgIpc) is 2.33. The van der Waals surface area contributed by atoms with Gasteiger partial charge in [0.15, 0.2) is 0 Å². The van der Waals surface area contributed by atoms with E-state index in [2.05, 4.69) is 5.10 Å². The summed E-state index contributed by atoms with van der Waals surface area (Å²) < 4.78 is 23.9. The summed E-state index contributed by atoms with van der Waals surface area (Å²) in [5.74, 6) is 0. The van der Waals surface area contributed by atoms with Crippen molar-refractivity contribution in [2.24, 2.45) is 0 Å². The molecule has 0 saturated heterocycles. The summed E-state index contributed by atoms with van der Waals surface area (Å²) >= 11 is 0. The van der Waals surface area contributed by atoms with Crippen LogP contribution in [0, 0.1) is 0 Å². The molecular weight excluding hydrogens is 157 g/mol. The van der Waals surface area contributed by atoms with Gasteiger partial charge in [-0.25, -0.2) is 4.68 Å². The fourth-order valence-corrected chi connectivity index (χ4v) is 0.599. The van der Waals surface area contributed by atoms with Crippen LogP contribution >= 0.6 is 0 Å². The molecule has 0 bridgehead atoms. The van der Waals surface area contributed by atoms with Crippen LogP contribution in [0.4, 0.5) is 8.78 Å². The first-order chi connectivity index (χ1) is 5.11. The first-order valence-corrected chi connectivity index (χ1v) is 2.80. The van der Waals surface area contributed by atoms with Crippen LogP contribution in [0.5, 0.6) is 0 Å². The molecular formula is C4H5BF2N2O2. The predicted octanol–water partition coefficient (Wildman–Crippen LogP) is -1.04. The summed E-state index contributed by atoms with van der Waals surface area (Å²) in [5.41, 5.74) is -0.190. The van der Waals surface area contributed by atoms with Gasteiger partial charge in [-0.05, 0) is 6.07 Å². The van der Waals surface area contributed by atoms with E-state index in [0.717, 1.165) is 12.3 Å². The Kier molecular flexibility index (Phi) is 2.20. The highest BCUT2D eigenvalue weighted by Gasteiger charge is 2.16. The molecule has 4 nitrogen and oxygen atoms in total. The van der Waals surface area contributed by atoms with Crippen molar-refractivity contribution in [2.45, 2.75) is 6.55 Å². The fraction of sp³-hybridized carbons (Fsp3) is 0.250. The summed E-state index contributed by atoms with van der Waals surface area (Å²) in [6.45, 7) is -2.75. The lowest BCUT2D eigenvalue weighted by Gasteiger charge is -1.96. The Hall–Kier alpha value is -0.945. The zero-order valence-corrected chi connectivity index (χ0v) is 5.35. The summed E-state index contributed by atoms with van der Waals surface area (Å²) in [5, 5.41) is 20.1. The molecule has 0 aliphatic carbocycles. The van der Waals surface area contributed by atoms with Crippen LogP contribution in [0.1, 0.15) is 6.55 Å². The molecule has 0 aliphatic rings. The van der Waals surface area contributed by atoms with E-state index in [1.807, 2.05) is 0 Å². The first kappa shape index (κ1) is 8.15. The van der Waals surface area contributed by atoms with Crippen LogP contribution in [0.3, 0.4) is 0 Å². The van der Waals surface area contributed by atoms with Crippen molar-refractivity contribution in [3.8, 4) is 0 Å². The van der Waals surface area contributed by atoms with Crippen molar-refractivity contribution < 1.29 is 18.8 Å². The quantitative estimate of drug-likeness (QED) is 0.546. The molecule has 0 fully saturated rings. The van der Waals surface area contributed by atoms with E-state index in [1.54, 1.807) is 0 Å². The maximum atomic E-state index is 11.8. The van der Waals surface area contributed by atoms with Crippen LogP contribution in [0.25, 0.3) is 0 Å². The predicted molar refractivity (Wildman–Crippen MR) is 33.3 cm³/mol. The zero-order chi connectivity index (χ0) is 8.43. The van der Waals surface area contributed by atoms with E-state index < -0.39 is 13.7 Å². The third-order valence-electron chi connectivity index (χ3n) is 1.09. The number of hydrogen-bond donors (Lipinski definition) is 2. The smallest absolute Gasteiger partial charge is 0.422 e. The summed E-state index contributed by atoms with van der Waals surface area (Å²) in [4.78, 5) is 0. The molecule has 2 N–H and O–H groups in total. The van der Waals surface area contributed by atoms with Gasteiger partial charge in [0.1, 0.15) is 0 Å². The van der Waals surface area contributed by atoms with E-state index in [0.29, 0.717) is 4.68 Å². The van der Waals surface area contributed by atoms with Gasteiger partial charge in [-0.15, -0.1) is 0 Å². The van der Waals surface area contributed by atoms with Crippen molar-refractivity contribution in [1.29, 1.82) is 0 Å². The molecule has 1 rings (SSSR count). The van der Waals surface area contributed by atoms with Gasteiger partial charge in [0.2, 0.25) is 0 Å². The van der Waals surface area contributed by atoms with E-state index in [4.69, 9.17) is 10.0 Å². The summed E-state index contributed by atoms with van der Waals surface area (Å²) in [6.07, 6.45) is 0.972. The van der Waals surface area contributed by atoms with Gasteiger partial charge in [0.25, 0.3) is 0 Å². The molecule has 7 heteroatoms. The van der Waals surface area contributed by atoms with Crippen LogP contribution in [-0.4, -0.2) is 26.9 Å². The minimum absolute atomic E-state index is 0.190. The molecule has 0 unspecified atom stereocenters. The lowest BCUT2D eigenvalue weighted by molar-refractivity contribution is 0.0569. The van der Waals surface area contributed by atoms with Crippen LogP contribution in [0.15, 0.2) is 12.3 Å². The number of rotatable bonds is 2. The number of nitrogens with zero attached hydrogens (tertiary/aromatic N) is 2. The van der Waals surface area contributed by atoms with Gasteiger partial charge in [-0.3, -0.25) is 0 Å². The third-order valence-corrected chi connectivity index (χ3v) is 1.09. The molecule has 1 heterocycles. The Morgan fingerprint density at radius 3 is 2.45 bits per heavy atom. The molecule has 0 amide bonds. The minimum atomic E-state index is -2.75. The van der Waals surface area contributed by atoms with Crippen molar-refractivity contribution in [1.82, 2.24) is 9.78 Å². The Bertz CT molecular complexity index is 217. The molecule has 60 valence electrons. The largest absolute Gasteiger partial charge is 0.510 e. The SMILES string of the molecule is OB(O)c1ccn(C(F)F)n1. The van der Waals surface area contributed by atoms with Crippen molar-refractivity contribution in [3.05, 3.63) is 12.3 Å². The Labute approximate surface area is 61.2 Å². The monoisotopic (exact) mass is 162 g/mol. The maximum Gasteiger partial charge on any atom is 0.510 e. The third kappa shape index (κ3) is 1.75. The minimum Gasteiger partial charge on any atom is -0.422 e. The topological polar surface area (TPSA) is 58.3 Å². The highest BCUT2D eigenvalue weighted by Crippen LogP contribution is 2.04. The molecule has 0 aliphatic heterocycles. The molecule has 0 saturated carbocycles. The Morgan fingerprint density at radius 2 is 2.18 bits per heavy atom. The summed E-state index contributed by atoms with van der Waals surface area (Å²) in [7, 11) is -1.80. The van der Waals surface area contributed by atoms with Crippen molar-refractivity contribution >= 4 is 12.7 Å². The van der Waals surface area contributed by atoms with Crippen molar-refractivity contribution in [2.75, 3.05) is 0 Å². The number of hydrogen-bond acceptors (Lipinski definition) is 3. The van der Waals surface area contributed by atoms with Gasteiger partial charge in [0, 0.05) is 6.20 Å². The fourth-order valence-electron chi connectivity index (χ4n) is 0.599. The van der Waals surface area contributed by atoms with E-state index in [-0.39, 0.29) is 5.59 Å². The standard InChI is InChI=1S/C4H5BF2N2O2/c6-4(7)9-2-1-3(8-9)5(10)11/h1-2,4,10-11H. The summed E-state index contributed by atoms with van der Waals surface area (Å²) in [6, 6.07) is 1.11. The van der Waals surface area contributed by atoms with Crippen LogP contribution in [0.2, 0.25) is 0 Å². The molecule has 0 atom stereocenters. The van der Waals surface area contributed by atoms with Gasteiger partial charge in [-0.1, -0.05) is 0 Å². The van der Waals surface area contributed by atoms with Gasteiger partial charge >= 0.3 is 13.7 Å². The normalized spacial score (nSPS) is 10.6. The molecule has 0 spiro atoms. The Balaban J connectivity index is 2.82. The maximum absolute atomic E-state index is 11.8. The highest BCUT2D eigenvalue weighted by atomic mass is 19.3. The van der Waals surface area contributed by atoms with Gasteiger partial charge in [0.05, 0.1) is 5.59 Å². The molecule has 0 aromatic carbocycles. The van der Waals surface area contributed by atoms with Crippen molar-refractivity contribution in [3.63, 3.8) is 0 Å². The Morgan fingerprint density at radius 1 is 1.55 bits per heavy atom. The van der Waals surface area contributed by atoms with E-state index in [1.165, 1.54) is 0 Å². The first-order valence-electron chi connectivity index (χ1n) is 2.80. The average molecular weight is 162 g/mol. The number of aromatic nitrogens is 2. The number of halogens is 2. The molecule has 1 aromatic heterocycles. The molecule has 0 radical (unpaired) electrons. The van der Waals surface area contributed by atoms with Crippen LogP contribution < -0.4 is 5.59 Å². The lowest BCUT2D eigenvalue weighted by atomic mass is 9.87. The number of alkyl halides is 2. The van der Waals surface area contributed by atoms with Gasteiger partial charge in [-0.2, -0.15) is 13.9 Å². The second kappa shape index (κ2) is 2.97. The molecule has 1 aromatic rings. The lowest BCUT2D eigenvalue weighted by Crippen LogP contribution is -2.31.